The molecule has 1 aliphatic carbocycles. The highest BCUT2D eigenvalue weighted by molar-refractivity contribution is 5.90. The summed E-state index contributed by atoms with van der Waals surface area (Å²) in [4.78, 5) is 40.6. The summed E-state index contributed by atoms with van der Waals surface area (Å²) in [7, 11) is 0. The van der Waals surface area contributed by atoms with Gasteiger partial charge in [-0.25, -0.2) is 9.59 Å². The molecular weight excluding hydrogens is 592 g/mol. The van der Waals surface area contributed by atoms with Crippen molar-refractivity contribution < 1.29 is 28.6 Å². The molecule has 5 rings (SSSR count). The van der Waals surface area contributed by atoms with Gasteiger partial charge in [-0.15, -0.1) is 0 Å². The van der Waals surface area contributed by atoms with Gasteiger partial charge in [0, 0.05) is 12.3 Å². The second kappa shape index (κ2) is 15.1. The molecule has 2 amide bonds. The molecule has 3 atom stereocenters. The first kappa shape index (κ1) is 33.4. The van der Waals surface area contributed by atoms with E-state index in [2.05, 4.69) is 22.8 Å². The van der Waals surface area contributed by atoms with Crippen LogP contribution in [0, 0.1) is 0 Å². The molecule has 0 bridgehead atoms. The zero-order chi connectivity index (χ0) is 33.4. The molecule has 8 heteroatoms. The second-order valence-corrected chi connectivity index (χ2v) is 12.7. The normalized spacial score (nSPS) is 14.2. The molecule has 2 N–H and O–H groups in total. The maximum absolute atomic E-state index is 13.9. The van der Waals surface area contributed by atoms with Gasteiger partial charge in [0.15, 0.2) is 0 Å². The van der Waals surface area contributed by atoms with E-state index in [1.807, 2.05) is 118 Å². The average Bonchev–Trinajstić information content (AvgIpc) is 3.38. The molecule has 0 fully saturated rings. The number of amides is 2. The number of carbonyl (C=O) groups is 3. The first-order chi connectivity index (χ1) is 22.6. The number of rotatable bonds is 12. The highest BCUT2D eigenvalue weighted by atomic mass is 16.6. The smallest absolute Gasteiger partial charge is 0.407 e. The van der Waals surface area contributed by atoms with E-state index >= 15 is 0 Å². The number of alkyl carbamates (subject to hydrolysis) is 1. The summed E-state index contributed by atoms with van der Waals surface area (Å²) in [6.45, 7) is 7.46. The van der Waals surface area contributed by atoms with Gasteiger partial charge in [0.1, 0.15) is 25.3 Å². The molecule has 0 saturated heterocycles. The van der Waals surface area contributed by atoms with E-state index in [0.29, 0.717) is 0 Å². The minimum absolute atomic E-state index is 0.0613. The molecule has 8 nitrogen and oxygen atoms in total. The second-order valence-electron chi connectivity index (χ2n) is 12.7. The number of benzene rings is 4. The molecule has 0 saturated carbocycles. The summed E-state index contributed by atoms with van der Waals surface area (Å²) in [6, 6.07) is 32.7. The van der Waals surface area contributed by atoms with Crippen molar-refractivity contribution in [1.82, 2.24) is 10.6 Å². The zero-order valence-corrected chi connectivity index (χ0v) is 27.3. The van der Waals surface area contributed by atoms with E-state index in [-0.39, 0.29) is 25.6 Å². The predicted octanol–water partition coefficient (Wildman–Crippen LogP) is 6.57. The third-order valence-electron chi connectivity index (χ3n) is 8.02. The molecule has 47 heavy (non-hydrogen) atoms. The lowest BCUT2D eigenvalue weighted by atomic mass is 9.98. The standard InChI is InChI=1S/C39H42N2O6/c1-26(47-39(2,3)4)35(41-38(44)46-25-33-31-21-13-11-19-29(31)30-20-12-14-22-32(30)33)36(42)40-34(23-27-15-7-5-8-16-27)37(43)45-24-28-17-9-6-10-18-28/h5-22,26,33-35H,23-25H2,1-4H3,(H,40,42)(H,41,44)/t26-,34-,35-/m0/s1. The van der Waals surface area contributed by atoms with E-state index in [0.717, 1.165) is 33.4 Å². The molecular formula is C39H42N2O6. The number of ether oxygens (including phenoxy) is 3. The molecule has 0 spiro atoms. The lowest BCUT2D eigenvalue weighted by Gasteiger charge is -2.31. The maximum Gasteiger partial charge on any atom is 0.407 e. The molecule has 0 aliphatic heterocycles. The third kappa shape index (κ3) is 8.86. The topological polar surface area (TPSA) is 103 Å². The Hall–Kier alpha value is -4.95. The fourth-order valence-electron chi connectivity index (χ4n) is 5.92. The molecule has 244 valence electrons. The number of hydrogen-bond acceptors (Lipinski definition) is 6. The van der Waals surface area contributed by atoms with E-state index < -0.39 is 41.8 Å². The molecule has 4 aromatic carbocycles. The van der Waals surface area contributed by atoms with Crippen molar-refractivity contribution in [2.45, 2.75) is 70.4 Å². The van der Waals surface area contributed by atoms with Crippen molar-refractivity contribution in [1.29, 1.82) is 0 Å². The van der Waals surface area contributed by atoms with Crippen LogP contribution in [0.25, 0.3) is 11.1 Å². The lowest BCUT2D eigenvalue weighted by molar-refractivity contribution is -0.150. The molecule has 4 aromatic rings. The van der Waals surface area contributed by atoms with E-state index in [9.17, 15) is 14.4 Å². The highest BCUT2D eigenvalue weighted by Gasteiger charge is 2.35. The number of nitrogens with one attached hydrogen (secondary N) is 2. The molecule has 0 radical (unpaired) electrons. The van der Waals surface area contributed by atoms with Crippen LogP contribution in [0.15, 0.2) is 109 Å². The van der Waals surface area contributed by atoms with Gasteiger partial charge in [-0.1, -0.05) is 109 Å². The van der Waals surface area contributed by atoms with Gasteiger partial charge in [-0.05, 0) is 61.1 Å². The Morgan fingerprint density at radius 3 is 1.81 bits per heavy atom. The van der Waals surface area contributed by atoms with Crippen LogP contribution in [-0.2, 0) is 36.8 Å². The molecule has 0 unspecified atom stereocenters. The van der Waals surface area contributed by atoms with Crippen molar-refractivity contribution in [3.8, 4) is 11.1 Å². The van der Waals surface area contributed by atoms with Crippen molar-refractivity contribution in [2.24, 2.45) is 0 Å². The zero-order valence-electron chi connectivity index (χ0n) is 27.3. The van der Waals surface area contributed by atoms with Gasteiger partial charge >= 0.3 is 12.1 Å². The Labute approximate surface area is 276 Å². The van der Waals surface area contributed by atoms with Crippen LogP contribution in [0.4, 0.5) is 4.79 Å². The van der Waals surface area contributed by atoms with Gasteiger partial charge < -0.3 is 24.8 Å². The summed E-state index contributed by atoms with van der Waals surface area (Å²) >= 11 is 0. The minimum atomic E-state index is -1.16. The number of fused-ring (bicyclic) bond motifs is 3. The van der Waals surface area contributed by atoms with Crippen LogP contribution < -0.4 is 10.6 Å². The van der Waals surface area contributed by atoms with Crippen LogP contribution in [0.2, 0.25) is 0 Å². The number of hydrogen-bond donors (Lipinski definition) is 2. The Kier molecular flexibility index (Phi) is 10.7. The highest BCUT2D eigenvalue weighted by Crippen LogP contribution is 2.44. The monoisotopic (exact) mass is 634 g/mol. The number of esters is 1. The maximum atomic E-state index is 13.9. The predicted molar refractivity (Wildman–Crippen MR) is 181 cm³/mol. The Bertz CT molecular complexity index is 1620. The Balaban J connectivity index is 1.30. The van der Waals surface area contributed by atoms with Crippen LogP contribution in [-0.4, -0.2) is 48.4 Å². The van der Waals surface area contributed by atoms with Gasteiger partial charge in [0.05, 0.1) is 11.7 Å². The first-order valence-corrected chi connectivity index (χ1v) is 15.9. The molecule has 0 heterocycles. The number of carbonyl (C=O) groups excluding carboxylic acids is 3. The molecule has 0 aromatic heterocycles. The van der Waals surface area contributed by atoms with E-state index in [4.69, 9.17) is 14.2 Å². The van der Waals surface area contributed by atoms with Crippen molar-refractivity contribution in [3.05, 3.63) is 131 Å². The lowest BCUT2D eigenvalue weighted by Crippen LogP contribution is -2.57. The SMILES string of the molecule is C[C@H](OC(C)(C)C)[C@H](NC(=O)OCC1c2ccccc2-c2ccccc21)C(=O)N[C@@H](Cc1ccccc1)C(=O)OCc1ccccc1. The average molecular weight is 635 g/mol. The Morgan fingerprint density at radius 1 is 0.702 bits per heavy atom. The fourth-order valence-corrected chi connectivity index (χ4v) is 5.92. The van der Waals surface area contributed by atoms with Gasteiger partial charge in [0.25, 0.3) is 0 Å². The molecule has 1 aliphatic rings. The van der Waals surface area contributed by atoms with E-state index in [1.54, 1.807) is 6.92 Å². The van der Waals surface area contributed by atoms with Crippen LogP contribution >= 0.6 is 0 Å². The summed E-state index contributed by atoms with van der Waals surface area (Å²) < 4.78 is 17.5. The van der Waals surface area contributed by atoms with Gasteiger partial charge in [0.2, 0.25) is 5.91 Å². The largest absolute Gasteiger partial charge is 0.459 e. The summed E-state index contributed by atoms with van der Waals surface area (Å²) in [6.07, 6.45) is -1.32. The van der Waals surface area contributed by atoms with Crippen molar-refractivity contribution >= 4 is 18.0 Å². The third-order valence-corrected chi connectivity index (χ3v) is 8.02. The fraction of sp³-hybridized carbons (Fsp3) is 0.308. The summed E-state index contributed by atoms with van der Waals surface area (Å²) in [5.74, 6) is -1.32. The summed E-state index contributed by atoms with van der Waals surface area (Å²) in [5.41, 5.74) is 5.45. The summed E-state index contributed by atoms with van der Waals surface area (Å²) in [5, 5.41) is 5.56. The van der Waals surface area contributed by atoms with Gasteiger partial charge in [-0.3, -0.25) is 4.79 Å². The minimum Gasteiger partial charge on any atom is -0.459 e. The first-order valence-electron chi connectivity index (χ1n) is 15.9. The van der Waals surface area contributed by atoms with Crippen LogP contribution in [0.3, 0.4) is 0 Å². The quantitative estimate of drug-likeness (QED) is 0.171. The van der Waals surface area contributed by atoms with Gasteiger partial charge in [-0.2, -0.15) is 0 Å². The van der Waals surface area contributed by atoms with Crippen molar-refractivity contribution in [3.63, 3.8) is 0 Å². The van der Waals surface area contributed by atoms with Crippen LogP contribution in [0.1, 0.15) is 55.9 Å². The van der Waals surface area contributed by atoms with Crippen molar-refractivity contribution in [2.75, 3.05) is 6.61 Å². The van der Waals surface area contributed by atoms with E-state index in [1.165, 1.54) is 0 Å². The Morgan fingerprint density at radius 2 is 1.23 bits per heavy atom. The van der Waals surface area contributed by atoms with Crippen LogP contribution in [0.5, 0.6) is 0 Å².